The standard InChI is InChI=1S/C40H27NS/c1-2-13-28(14-3-1)31-18-6-9-21-36(31)41(38-23-12-16-29-15-4-5-17-32(29)38)37-22-10-7-19-33(37)30-25-26-35-34-20-8-11-24-39(34)42-40(35)27-30/h1-27H. The molecule has 0 radical (unpaired) electrons. The lowest BCUT2D eigenvalue weighted by molar-refractivity contribution is 1.30. The van der Waals surface area contributed by atoms with Gasteiger partial charge in [-0.15, -0.1) is 11.3 Å². The van der Waals surface area contributed by atoms with Crippen molar-refractivity contribution < 1.29 is 0 Å². The Kier molecular flexibility index (Phi) is 6.05. The van der Waals surface area contributed by atoms with Crippen LogP contribution in [0.5, 0.6) is 0 Å². The summed E-state index contributed by atoms with van der Waals surface area (Å²) in [4.78, 5) is 2.45. The first-order valence-corrected chi connectivity index (χ1v) is 15.1. The number of benzene rings is 7. The molecule has 0 saturated heterocycles. The van der Waals surface area contributed by atoms with Crippen molar-refractivity contribution in [2.75, 3.05) is 4.90 Å². The van der Waals surface area contributed by atoms with Crippen molar-refractivity contribution in [1.82, 2.24) is 0 Å². The van der Waals surface area contributed by atoms with Crippen LogP contribution in [0.2, 0.25) is 0 Å². The zero-order valence-electron chi connectivity index (χ0n) is 22.9. The first-order chi connectivity index (χ1) is 20.8. The Morgan fingerprint density at radius 3 is 1.74 bits per heavy atom. The summed E-state index contributed by atoms with van der Waals surface area (Å²) in [5.41, 5.74) is 8.27. The number of para-hydroxylation sites is 2. The molecule has 0 atom stereocenters. The van der Waals surface area contributed by atoms with E-state index in [2.05, 4.69) is 169 Å². The topological polar surface area (TPSA) is 3.24 Å². The second kappa shape index (κ2) is 10.3. The number of hydrogen-bond donors (Lipinski definition) is 0. The average molecular weight is 554 g/mol. The molecule has 7 aromatic carbocycles. The van der Waals surface area contributed by atoms with Crippen LogP contribution < -0.4 is 4.90 Å². The molecule has 2 heteroatoms. The van der Waals surface area contributed by atoms with E-state index in [1.165, 1.54) is 53.2 Å². The zero-order valence-corrected chi connectivity index (χ0v) is 23.8. The van der Waals surface area contributed by atoms with Gasteiger partial charge in [0.1, 0.15) is 0 Å². The summed E-state index contributed by atoms with van der Waals surface area (Å²) in [6.45, 7) is 0. The van der Waals surface area contributed by atoms with Crippen LogP contribution in [0.3, 0.4) is 0 Å². The summed E-state index contributed by atoms with van der Waals surface area (Å²) in [6.07, 6.45) is 0. The third-order valence-electron chi connectivity index (χ3n) is 8.07. The lowest BCUT2D eigenvalue weighted by atomic mass is 9.97. The molecule has 0 N–H and O–H groups in total. The predicted octanol–water partition coefficient (Wildman–Crippen LogP) is 12.0. The van der Waals surface area contributed by atoms with Crippen LogP contribution in [0, 0.1) is 0 Å². The van der Waals surface area contributed by atoms with Crippen molar-refractivity contribution in [3.63, 3.8) is 0 Å². The molecule has 0 bridgehead atoms. The maximum Gasteiger partial charge on any atom is 0.0540 e. The molecule has 0 unspecified atom stereocenters. The lowest BCUT2D eigenvalue weighted by Gasteiger charge is -2.31. The third-order valence-corrected chi connectivity index (χ3v) is 9.21. The minimum absolute atomic E-state index is 1.15. The van der Waals surface area contributed by atoms with Crippen LogP contribution in [0.4, 0.5) is 17.1 Å². The molecule has 0 aliphatic carbocycles. The van der Waals surface area contributed by atoms with E-state index in [0.717, 1.165) is 17.1 Å². The molecule has 0 aliphatic heterocycles. The fourth-order valence-electron chi connectivity index (χ4n) is 6.13. The first-order valence-electron chi connectivity index (χ1n) is 14.3. The van der Waals surface area contributed by atoms with Crippen LogP contribution in [-0.2, 0) is 0 Å². The Bertz CT molecular complexity index is 2200. The predicted molar refractivity (Wildman–Crippen MR) is 182 cm³/mol. The molecule has 8 rings (SSSR count). The van der Waals surface area contributed by atoms with Gasteiger partial charge in [-0.2, -0.15) is 0 Å². The molecule has 0 spiro atoms. The van der Waals surface area contributed by atoms with Crippen LogP contribution in [0.25, 0.3) is 53.2 Å². The first kappa shape index (κ1) is 24.6. The molecule has 0 amide bonds. The highest BCUT2D eigenvalue weighted by Gasteiger charge is 2.22. The van der Waals surface area contributed by atoms with Gasteiger partial charge < -0.3 is 4.90 Å². The monoisotopic (exact) mass is 553 g/mol. The maximum absolute atomic E-state index is 2.45. The summed E-state index contributed by atoms with van der Waals surface area (Å²) in [5.74, 6) is 0. The number of anilines is 3. The highest BCUT2D eigenvalue weighted by molar-refractivity contribution is 7.25. The van der Waals surface area contributed by atoms with Gasteiger partial charge >= 0.3 is 0 Å². The lowest BCUT2D eigenvalue weighted by Crippen LogP contribution is -2.13. The number of fused-ring (bicyclic) bond motifs is 4. The molecule has 0 saturated carbocycles. The average Bonchev–Trinajstić information content (AvgIpc) is 3.44. The Morgan fingerprint density at radius 2 is 0.929 bits per heavy atom. The van der Waals surface area contributed by atoms with Crippen LogP contribution in [0.15, 0.2) is 164 Å². The van der Waals surface area contributed by atoms with E-state index in [0.29, 0.717) is 0 Å². The van der Waals surface area contributed by atoms with E-state index in [9.17, 15) is 0 Å². The number of rotatable bonds is 5. The van der Waals surface area contributed by atoms with Gasteiger partial charge in [0.15, 0.2) is 0 Å². The van der Waals surface area contributed by atoms with Crippen LogP contribution in [0.1, 0.15) is 0 Å². The quantitative estimate of drug-likeness (QED) is 0.205. The van der Waals surface area contributed by atoms with Crippen molar-refractivity contribution in [2.24, 2.45) is 0 Å². The van der Waals surface area contributed by atoms with Crippen molar-refractivity contribution >= 4 is 59.3 Å². The number of nitrogens with zero attached hydrogens (tertiary/aromatic N) is 1. The number of hydrogen-bond acceptors (Lipinski definition) is 2. The third kappa shape index (κ3) is 4.16. The largest absolute Gasteiger partial charge is 0.309 e. The molecule has 0 aliphatic rings. The summed E-state index contributed by atoms with van der Waals surface area (Å²) in [6, 6.07) is 59.2. The van der Waals surface area contributed by atoms with E-state index >= 15 is 0 Å². The van der Waals surface area contributed by atoms with Gasteiger partial charge in [0.05, 0.1) is 17.1 Å². The molecule has 0 fully saturated rings. The van der Waals surface area contributed by atoms with Crippen molar-refractivity contribution in [2.45, 2.75) is 0 Å². The van der Waals surface area contributed by atoms with Gasteiger partial charge in [-0.1, -0.05) is 133 Å². The van der Waals surface area contributed by atoms with E-state index < -0.39 is 0 Å². The van der Waals surface area contributed by atoms with Crippen molar-refractivity contribution in [1.29, 1.82) is 0 Å². The van der Waals surface area contributed by atoms with Crippen LogP contribution >= 0.6 is 11.3 Å². The van der Waals surface area contributed by atoms with E-state index in [-0.39, 0.29) is 0 Å². The Morgan fingerprint density at radius 1 is 0.357 bits per heavy atom. The summed E-state index contributed by atoms with van der Waals surface area (Å²) < 4.78 is 2.64. The highest BCUT2D eigenvalue weighted by Crippen LogP contribution is 2.47. The van der Waals surface area contributed by atoms with Gasteiger partial charge in [-0.05, 0) is 46.8 Å². The Labute approximate surface area is 249 Å². The minimum atomic E-state index is 1.15. The molecule has 198 valence electrons. The fourth-order valence-corrected chi connectivity index (χ4v) is 7.27. The summed E-state index contributed by atoms with van der Waals surface area (Å²) in [5, 5.41) is 5.09. The summed E-state index contributed by atoms with van der Waals surface area (Å²) in [7, 11) is 0. The molecular formula is C40H27NS. The summed E-state index contributed by atoms with van der Waals surface area (Å²) >= 11 is 1.87. The van der Waals surface area contributed by atoms with Crippen molar-refractivity contribution in [3.05, 3.63) is 164 Å². The Hall–Kier alpha value is -5.18. The second-order valence-electron chi connectivity index (χ2n) is 10.5. The van der Waals surface area contributed by atoms with E-state index in [1.54, 1.807) is 0 Å². The second-order valence-corrected chi connectivity index (χ2v) is 11.6. The van der Waals surface area contributed by atoms with E-state index in [1.807, 2.05) is 11.3 Å². The number of thiophene rings is 1. The Balaban J connectivity index is 1.40. The van der Waals surface area contributed by atoms with Crippen molar-refractivity contribution in [3.8, 4) is 22.3 Å². The fraction of sp³-hybridized carbons (Fsp3) is 0. The smallest absolute Gasteiger partial charge is 0.0540 e. The SMILES string of the molecule is c1ccc(-c2ccccc2N(c2ccccc2-c2ccc3c(c2)sc2ccccc23)c2cccc3ccccc23)cc1. The van der Waals surface area contributed by atoms with E-state index in [4.69, 9.17) is 0 Å². The highest BCUT2D eigenvalue weighted by atomic mass is 32.1. The normalized spacial score (nSPS) is 11.3. The maximum atomic E-state index is 2.45. The zero-order chi connectivity index (χ0) is 27.9. The van der Waals surface area contributed by atoms with Gasteiger partial charge in [0, 0.05) is 36.7 Å². The van der Waals surface area contributed by atoms with Gasteiger partial charge in [0.25, 0.3) is 0 Å². The molecule has 1 aromatic heterocycles. The van der Waals surface area contributed by atoms with Gasteiger partial charge in [-0.25, -0.2) is 0 Å². The molecular weight excluding hydrogens is 527 g/mol. The van der Waals surface area contributed by atoms with Crippen LogP contribution in [-0.4, -0.2) is 0 Å². The van der Waals surface area contributed by atoms with Gasteiger partial charge in [0.2, 0.25) is 0 Å². The van der Waals surface area contributed by atoms with Gasteiger partial charge in [-0.3, -0.25) is 0 Å². The molecule has 42 heavy (non-hydrogen) atoms. The molecule has 8 aromatic rings. The minimum Gasteiger partial charge on any atom is -0.309 e. The molecule has 1 nitrogen and oxygen atoms in total. The molecule has 1 heterocycles.